The van der Waals surface area contributed by atoms with Gasteiger partial charge in [-0.25, -0.2) is 33.7 Å². The van der Waals surface area contributed by atoms with Gasteiger partial charge in [-0.05, 0) is 36.6 Å². The molecular formula is C23H18F5N7O5. The minimum Gasteiger partial charge on any atom is -0.475 e. The molecule has 0 unspecified atom stereocenters. The van der Waals surface area contributed by atoms with Crippen LogP contribution in [0.4, 0.5) is 27.6 Å². The van der Waals surface area contributed by atoms with Crippen molar-refractivity contribution in [2.75, 3.05) is 18.1 Å². The zero-order valence-corrected chi connectivity index (χ0v) is 20.3. The molecule has 3 aromatic heterocycles. The van der Waals surface area contributed by atoms with E-state index in [-0.39, 0.29) is 23.9 Å². The van der Waals surface area contributed by atoms with E-state index < -0.39 is 37.0 Å². The Morgan fingerprint density at radius 2 is 1.95 bits per heavy atom. The van der Waals surface area contributed by atoms with Gasteiger partial charge in [0.15, 0.2) is 6.61 Å². The Labute approximate surface area is 221 Å². The van der Waals surface area contributed by atoms with Crippen molar-refractivity contribution in [2.24, 2.45) is 5.73 Å². The van der Waals surface area contributed by atoms with E-state index in [0.717, 1.165) is 9.25 Å². The lowest BCUT2D eigenvalue weighted by Gasteiger charge is -2.23. The first-order valence-electron chi connectivity index (χ1n) is 10.9. The Balaban J connectivity index is 0.000000559. The van der Waals surface area contributed by atoms with Crippen molar-refractivity contribution in [1.82, 2.24) is 24.3 Å². The quantitative estimate of drug-likeness (QED) is 0.353. The number of anilines is 1. The van der Waals surface area contributed by atoms with Crippen LogP contribution >= 0.6 is 0 Å². The van der Waals surface area contributed by atoms with Crippen molar-refractivity contribution >= 4 is 17.6 Å². The number of pyridine rings is 2. The van der Waals surface area contributed by atoms with E-state index in [1.54, 1.807) is 31.3 Å². The van der Waals surface area contributed by atoms with E-state index in [2.05, 4.69) is 27.0 Å². The van der Waals surface area contributed by atoms with Crippen molar-refractivity contribution < 1.29 is 41.4 Å². The number of hydrogen-bond acceptors (Lipinski definition) is 8. The lowest BCUT2D eigenvalue weighted by molar-refractivity contribution is -0.192. The molecule has 40 heavy (non-hydrogen) atoms. The van der Waals surface area contributed by atoms with Crippen molar-refractivity contribution in [3.63, 3.8) is 0 Å². The number of carbonyl (C=O) groups excluding carboxylic acids is 1. The van der Waals surface area contributed by atoms with E-state index in [4.69, 9.17) is 20.4 Å². The first kappa shape index (κ1) is 29.4. The molecule has 3 aromatic rings. The lowest BCUT2D eigenvalue weighted by Crippen LogP contribution is -2.35. The number of ether oxygens (including phenoxy) is 1. The van der Waals surface area contributed by atoms with Crippen LogP contribution < -0.4 is 21.1 Å². The molecule has 0 bridgehead atoms. The molecule has 1 aliphatic heterocycles. The third kappa shape index (κ3) is 6.85. The van der Waals surface area contributed by atoms with Crippen molar-refractivity contribution in [2.45, 2.75) is 19.6 Å². The SMILES string of the molecule is Cc1cc(C#CN2C(=O)COc3ncccc32)cnc1-n1cnn(CC(CN)=C(F)F)c1=O.O=C(O)C(F)(F)F. The van der Waals surface area contributed by atoms with E-state index in [9.17, 15) is 31.5 Å². The summed E-state index contributed by atoms with van der Waals surface area (Å²) in [5.41, 5.74) is 5.80. The lowest BCUT2D eigenvalue weighted by atomic mass is 10.2. The van der Waals surface area contributed by atoms with Gasteiger partial charge in [-0.3, -0.25) is 4.79 Å². The number of aryl methyl sites for hydroxylation is 1. The van der Waals surface area contributed by atoms with E-state index in [1.807, 2.05) is 0 Å². The van der Waals surface area contributed by atoms with Crippen LogP contribution in [0.3, 0.4) is 0 Å². The van der Waals surface area contributed by atoms with Crippen molar-refractivity contribution in [3.8, 4) is 23.7 Å². The summed E-state index contributed by atoms with van der Waals surface area (Å²) in [6, 6.07) is 7.81. The standard InChI is InChI=1S/C21H17F2N7O3.C2HF3O2/c1-13-7-14(4-6-28-16-3-2-5-25-20(16)33-11-17(28)31)9-26-19(13)29-12-27-30(21(29)32)10-15(8-24)18(22)23;3-2(4,5)1(6)7/h2-3,5,7,9,12H,8,10-11,24H2,1H3;(H,6,7). The number of amides is 1. The fourth-order valence-corrected chi connectivity index (χ4v) is 3.10. The van der Waals surface area contributed by atoms with Crippen LogP contribution in [0.2, 0.25) is 0 Å². The number of halogens is 5. The summed E-state index contributed by atoms with van der Waals surface area (Å²) in [4.78, 5) is 43.3. The van der Waals surface area contributed by atoms with Gasteiger partial charge in [0.25, 0.3) is 12.0 Å². The molecule has 1 aliphatic rings. The summed E-state index contributed by atoms with van der Waals surface area (Å²) < 4.78 is 64.8. The number of rotatable bonds is 4. The number of fused-ring (bicyclic) bond motifs is 1. The average Bonchev–Trinajstić information content (AvgIpc) is 3.25. The van der Waals surface area contributed by atoms with Crippen molar-refractivity contribution in [3.05, 3.63) is 70.2 Å². The Kier molecular flexibility index (Phi) is 8.96. The molecule has 0 fully saturated rings. The van der Waals surface area contributed by atoms with Gasteiger partial charge < -0.3 is 15.6 Å². The van der Waals surface area contributed by atoms with Gasteiger partial charge in [-0.15, -0.1) is 0 Å². The molecule has 0 saturated carbocycles. The maximum absolute atomic E-state index is 12.9. The number of alkyl halides is 3. The second-order valence-electron chi connectivity index (χ2n) is 7.76. The van der Waals surface area contributed by atoms with Gasteiger partial charge in [0.2, 0.25) is 5.88 Å². The molecule has 0 spiro atoms. The van der Waals surface area contributed by atoms with Crippen LogP contribution in [0, 0.1) is 18.9 Å². The van der Waals surface area contributed by atoms with E-state index in [0.29, 0.717) is 22.7 Å². The average molecular weight is 567 g/mol. The third-order valence-electron chi connectivity index (χ3n) is 4.99. The Hall–Kier alpha value is -5.11. The number of carbonyl (C=O) groups is 2. The highest BCUT2D eigenvalue weighted by molar-refractivity contribution is 6.00. The maximum atomic E-state index is 12.9. The zero-order chi connectivity index (χ0) is 29.6. The van der Waals surface area contributed by atoms with Crippen LogP contribution in [0.25, 0.3) is 5.82 Å². The number of carboxylic acid groups (broad SMARTS) is 1. The Bertz CT molecular complexity index is 1580. The molecule has 3 N–H and O–H groups in total. The second kappa shape index (κ2) is 12.2. The van der Waals surface area contributed by atoms with Gasteiger partial charge >= 0.3 is 17.8 Å². The minimum absolute atomic E-state index is 0.171. The summed E-state index contributed by atoms with van der Waals surface area (Å²) >= 11 is 0. The van der Waals surface area contributed by atoms with Crippen LogP contribution in [-0.2, 0) is 16.1 Å². The van der Waals surface area contributed by atoms with Crippen LogP contribution in [0.15, 0.2) is 53.4 Å². The maximum Gasteiger partial charge on any atom is 0.490 e. The molecule has 0 radical (unpaired) electrons. The summed E-state index contributed by atoms with van der Waals surface area (Å²) in [7, 11) is 0. The molecular weight excluding hydrogens is 549 g/mol. The van der Waals surface area contributed by atoms with Gasteiger partial charge in [-0.2, -0.15) is 27.1 Å². The highest BCUT2D eigenvalue weighted by Gasteiger charge is 2.38. The van der Waals surface area contributed by atoms with Gasteiger partial charge in [0.1, 0.15) is 17.8 Å². The van der Waals surface area contributed by atoms with Crippen molar-refractivity contribution in [1.29, 1.82) is 0 Å². The number of carboxylic acids is 1. The van der Waals surface area contributed by atoms with Crippen LogP contribution in [0.5, 0.6) is 5.88 Å². The highest BCUT2D eigenvalue weighted by Crippen LogP contribution is 2.28. The minimum atomic E-state index is -5.08. The summed E-state index contributed by atoms with van der Waals surface area (Å²) in [5, 5.41) is 11.0. The first-order chi connectivity index (χ1) is 18.8. The molecule has 4 rings (SSSR count). The van der Waals surface area contributed by atoms with E-state index in [1.165, 1.54) is 17.4 Å². The molecule has 210 valence electrons. The predicted octanol–water partition coefficient (Wildman–Crippen LogP) is 1.61. The van der Waals surface area contributed by atoms with Crippen LogP contribution in [-0.4, -0.2) is 60.6 Å². The molecule has 12 nitrogen and oxygen atoms in total. The van der Waals surface area contributed by atoms with Gasteiger partial charge in [0.05, 0.1) is 6.54 Å². The molecule has 4 heterocycles. The van der Waals surface area contributed by atoms with Crippen LogP contribution in [0.1, 0.15) is 11.1 Å². The molecule has 0 atom stereocenters. The predicted molar refractivity (Wildman–Crippen MR) is 126 cm³/mol. The second-order valence-corrected chi connectivity index (χ2v) is 7.76. The fourth-order valence-electron chi connectivity index (χ4n) is 3.10. The summed E-state index contributed by atoms with van der Waals surface area (Å²) in [6.07, 6.45) is -2.84. The Morgan fingerprint density at radius 3 is 2.55 bits per heavy atom. The molecule has 0 aliphatic carbocycles. The number of nitrogens with zero attached hydrogens (tertiary/aromatic N) is 6. The topological polar surface area (TPSA) is 158 Å². The summed E-state index contributed by atoms with van der Waals surface area (Å²) in [5.74, 6) is 0.361. The molecule has 0 aromatic carbocycles. The van der Waals surface area contributed by atoms with Gasteiger partial charge in [-0.1, -0.05) is 0 Å². The molecule has 0 saturated heterocycles. The summed E-state index contributed by atoms with van der Waals surface area (Å²) in [6.45, 7) is 0.730. The van der Waals surface area contributed by atoms with E-state index >= 15 is 0 Å². The smallest absolute Gasteiger partial charge is 0.475 e. The number of aromatic nitrogens is 5. The normalized spacial score (nSPS) is 12.3. The molecule has 17 heteroatoms. The number of hydrogen-bond donors (Lipinski definition) is 2. The molecule has 1 amide bonds. The fraction of sp³-hybridized carbons (Fsp3) is 0.217. The first-order valence-corrected chi connectivity index (χ1v) is 10.9. The monoisotopic (exact) mass is 567 g/mol. The third-order valence-corrected chi connectivity index (χ3v) is 4.99. The highest BCUT2D eigenvalue weighted by atomic mass is 19.4. The number of aliphatic carboxylic acids is 1. The zero-order valence-electron chi connectivity index (χ0n) is 20.3. The Morgan fingerprint density at radius 1 is 1.25 bits per heavy atom. The van der Waals surface area contributed by atoms with Gasteiger partial charge in [0, 0.05) is 36.1 Å². The largest absolute Gasteiger partial charge is 0.490 e. The number of nitrogens with two attached hydrogens (primary N) is 1.